The Morgan fingerprint density at radius 1 is 1.56 bits per heavy atom. The summed E-state index contributed by atoms with van der Waals surface area (Å²) in [6.45, 7) is 3.89. The molecule has 6 nitrogen and oxygen atoms in total. The Hall–Kier alpha value is -1.47. The van der Waals surface area contributed by atoms with Gasteiger partial charge in [-0.2, -0.15) is 0 Å². The summed E-state index contributed by atoms with van der Waals surface area (Å²) in [5.41, 5.74) is 5.50. The number of hydrogen-bond acceptors (Lipinski definition) is 4. The molecular weight excluding hydrogens is 302 g/mol. The molecule has 0 aliphatic heterocycles. The van der Waals surface area contributed by atoms with Crippen LogP contribution in [0.3, 0.4) is 0 Å². The number of carbonyl (C=O) groups is 1. The summed E-state index contributed by atoms with van der Waals surface area (Å²) in [5, 5.41) is 13.2. The number of hydrogen-bond donors (Lipinski definition) is 2. The van der Waals surface area contributed by atoms with Gasteiger partial charge in [-0.05, 0) is 35.8 Å². The SMILES string of the molecule is CC(C)(N)CNC(=O)c1ccc([N+](=O)[O-])cc1Br. The molecule has 0 saturated heterocycles. The van der Waals surface area contributed by atoms with Crippen molar-refractivity contribution < 1.29 is 9.72 Å². The highest BCUT2D eigenvalue weighted by molar-refractivity contribution is 9.10. The number of amides is 1. The summed E-state index contributed by atoms with van der Waals surface area (Å²) in [6.07, 6.45) is 0. The Kier molecular flexibility index (Phi) is 4.42. The predicted octanol–water partition coefficient (Wildman–Crippen LogP) is 1.82. The predicted molar refractivity (Wildman–Crippen MR) is 71.4 cm³/mol. The molecule has 0 unspecified atom stereocenters. The summed E-state index contributed by atoms with van der Waals surface area (Å²) in [6, 6.07) is 3.98. The zero-order valence-corrected chi connectivity index (χ0v) is 11.7. The molecule has 1 rings (SSSR count). The highest BCUT2D eigenvalue weighted by Crippen LogP contribution is 2.22. The molecule has 1 aromatic rings. The molecule has 3 N–H and O–H groups in total. The van der Waals surface area contributed by atoms with Crippen LogP contribution in [-0.4, -0.2) is 22.9 Å². The molecule has 0 heterocycles. The average molecular weight is 316 g/mol. The van der Waals surface area contributed by atoms with Gasteiger partial charge in [0.1, 0.15) is 0 Å². The van der Waals surface area contributed by atoms with Crippen molar-refractivity contribution in [3.8, 4) is 0 Å². The Morgan fingerprint density at radius 2 is 2.17 bits per heavy atom. The van der Waals surface area contributed by atoms with Crippen LogP contribution in [0, 0.1) is 10.1 Å². The van der Waals surface area contributed by atoms with Crippen LogP contribution in [-0.2, 0) is 0 Å². The van der Waals surface area contributed by atoms with E-state index in [0.29, 0.717) is 16.6 Å². The van der Waals surface area contributed by atoms with Crippen molar-refractivity contribution in [1.29, 1.82) is 0 Å². The largest absolute Gasteiger partial charge is 0.350 e. The summed E-state index contributed by atoms with van der Waals surface area (Å²) in [7, 11) is 0. The number of nitro benzene ring substituents is 1. The normalized spacial score (nSPS) is 11.1. The molecule has 0 radical (unpaired) electrons. The van der Waals surface area contributed by atoms with Gasteiger partial charge in [-0.15, -0.1) is 0 Å². The number of carbonyl (C=O) groups excluding carboxylic acids is 1. The maximum atomic E-state index is 11.8. The van der Waals surface area contributed by atoms with Gasteiger partial charge in [-0.3, -0.25) is 14.9 Å². The molecule has 0 aliphatic carbocycles. The van der Waals surface area contributed by atoms with Gasteiger partial charge < -0.3 is 11.1 Å². The number of halogens is 1. The smallest absolute Gasteiger partial charge is 0.270 e. The first-order valence-corrected chi connectivity index (χ1v) is 6.01. The molecule has 0 aliphatic rings. The summed E-state index contributed by atoms with van der Waals surface area (Å²) < 4.78 is 0.379. The molecule has 18 heavy (non-hydrogen) atoms. The monoisotopic (exact) mass is 315 g/mol. The van der Waals surface area contributed by atoms with Gasteiger partial charge in [-0.1, -0.05) is 0 Å². The summed E-state index contributed by atoms with van der Waals surface area (Å²) >= 11 is 3.14. The molecular formula is C11H14BrN3O3. The lowest BCUT2D eigenvalue weighted by Gasteiger charge is -2.19. The van der Waals surface area contributed by atoms with E-state index in [-0.39, 0.29) is 11.6 Å². The molecule has 1 amide bonds. The van der Waals surface area contributed by atoms with E-state index < -0.39 is 10.5 Å². The lowest BCUT2D eigenvalue weighted by Crippen LogP contribution is -2.45. The number of nitrogens with zero attached hydrogens (tertiary/aromatic N) is 1. The first-order chi connectivity index (χ1) is 8.20. The molecule has 1 aromatic carbocycles. The van der Waals surface area contributed by atoms with Crippen LogP contribution in [0.4, 0.5) is 5.69 Å². The van der Waals surface area contributed by atoms with Crippen molar-refractivity contribution in [2.45, 2.75) is 19.4 Å². The average Bonchev–Trinajstić information content (AvgIpc) is 2.24. The van der Waals surface area contributed by atoms with E-state index in [0.717, 1.165) is 0 Å². The number of nitrogens with one attached hydrogen (secondary N) is 1. The number of nitro groups is 1. The van der Waals surface area contributed by atoms with E-state index in [1.165, 1.54) is 18.2 Å². The van der Waals surface area contributed by atoms with Crippen LogP contribution in [0.5, 0.6) is 0 Å². The van der Waals surface area contributed by atoms with Crippen LogP contribution in [0.25, 0.3) is 0 Å². The van der Waals surface area contributed by atoms with E-state index in [4.69, 9.17) is 5.73 Å². The van der Waals surface area contributed by atoms with E-state index >= 15 is 0 Å². The quantitative estimate of drug-likeness (QED) is 0.654. The van der Waals surface area contributed by atoms with Crippen molar-refractivity contribution >= 4 is 27.5 Å². The minimum absolute atomic E-state index is 0.0717. The molecule has 0 saturated carbocycles. The van der Waals surface area contributed by atoms with Crippen molar-refractivity contribution in [3.05, 3.63) is 38.3 Å². The standard InChI is InChI=1S/C11H14BrN3O3/c1-11(2,13)6-14-10(16)8-4-3-7(15(17)18)5-9(8)12/h3-5H,6,13H2,1-2H3,(H,14,16). The van der Waals surface area contributed by atoms with Gasteiger partial charge in [0.2, 0.25) is 0 Å². The number of rotatable bonds is 4. The minimum atomic E-state index is -0.518. The van der Waals surface area contributed by atoms with E-state index in [9.17, 15) is 14.9 Å². The van der Waals surface area contributed by atoms with Crippen molar-refractivity contribution in [3.63, 3.8) is 0 Å². The fraction of sp³-hybridized carbons (Fsp3) is 0.364. The zero-order chi connectivity index (χ0) is 13.9. The van der Waals surface area contributed by atoms with E-state index in [1.54, 1.807) is 13.8 Å². The number of benzene rings is 1. The zero-order valence-electron chi connectivity index (χ0n) is 10.1. The third-order valence-corrected chi connectivity index (χ3v) is 2.77. The van der Waals surface area contributed by atoms with Crippen LogP contribution in [0.1, 0.15) is 24.2 Å². The lowest BCUT2D eigenvalue weighted by atomic mass is 10.1. The molecule has 7 heteroatoms. The maximum Gasteiger partial charge on any atom is 0.270 e. The fourth-order valence-electron chi connectivity index (χ4n) is 1.21. The highest BCUT2D eigenvalue weighted by Gasteiger charge is 2.17. The van der Waals surface area contributed by atoms with Crippen LogP contribution < -0.4 is 11.1 Å². The first-order valence-electron chi connectivity index (χ1n) is 5.22. The molecule has 0 spiro atoms. The van der Waals surface area contributed by atoms with E-state index in [2.05, 4.69) is 21.2 Å². The summed E-state index contributed by atoms with van der Waals surface area (Å²) in [5.74, 6) is -0.324. The van der Waals surface area contributed by atoms with Gasteiger partial charge >= 0.3 is 0 Å². The Labute approximate surface area is 113 Å². The second kappa shape index (κ2) is 5.45. The minimum Gasteiger partial charge on any atom is -0.350 e. The van der Waals surface area contributed by atoms with Crippen LogP contribution in [0.2, 0.25) is 0 Å². The van der Waals surface area contributed by atoms with Crippen molar-refractivity contribution in [2.75, 3.05) is 6.54 Å². The lowest BCUT2D eigenvalue weighted by molar-refractivity contribution is -0.384. The number of nitrogens with two attached hydrogens (primary N) is 1. The second-order valence-electron chi connectivity index (χ2n) is 4.59. The fourth-order valence-corrected chi connectivity index (χ4v) is 1.75. The molecule has 98 valence electrons. The maximum absolute atomic E-state index is 11.8. The van der Waals surface area contributed by atoms with Gasteiger partial charge in [0, 0.05) is 28.7 Å². The highest BCUT2D eigenvalue weighted by atomic mass is 79.9. The van der Waals surface area contributed by atoms with Crippen LogP contribution >= 0.6 is 15.9 Å². The third kappa shape index (κ3) is 4.08. The molecule has 0 bridgehead atoms. The second-order valence-corrected chi connectivity index (χ2v) is 5.45. The Morgan fingerprint density at radius 3 is 2.61 bits per heavy atom. The molecule has 0 atom stereocenters. The van der Waals surface area contributed by atoms with Gasteiger partial charge in [0.15, 0.2) is 0 Å². The van der Waals surface area contributed by atoms with Crippen LogP contribution in [0.15, 0.2) is 22.7 Å². The first kappa shape index (κ1) is 14.6. The van der Waals surface area contributed by atoms with Crippen molar-refractivity contribution in [1.82, 2.24) is 5.32 Å². The Bertz CT molecular complexity index is 483. The molecule has 0 fully saturated rings. The van der Waals surface area contributed by atoms with Gasteiger partial charge in [0.05, 0.1) is 10.5 Å². The van der Waals surface area contributed by atoms with Gasteiger partial charge in [-0.25, -0.2) is 0 Å². The van der Waals surface area contributed by atoms with Crippen molar-refractivity contribution in [2.24, 2.45) is 5.73 Å². The topological polar surface area (TPSA) is 98.3 Å². The van der Waals surface area contributed by atoms with E-state index in [1.807, 2.05) is 0 Å². The third-order valence-electron chi connectivity index (χ3n) is 2.11. The Balaban J connectivity index is 2.84. The van der Waals surface area contributed by atoms with Gasteiger partial charge in [0.25, 0.3) is 11.6 Å². The molecule has 0 aromatic heterocycles. The summed E-state index contributed by atoms with van der Waals surface area (Å²) in [4.78, 5) is 21.9. The number of non-ortho nitro benzene ring substituents is 1.